The highest BCUT2D eigenvalue weighted by molar-refractivity contribution is 14.1. The van der Waals surface area contributed by atoms with Crippen molar-refractivity contribution in [2.24, 2.45) is 0 Å². The lowest BCUT2D eigenvalue weighted by molar-refractivity contribution is -0.138. The first-order chi connectivity index (χ1) is 11.6. The molecule has 1 saturated heterocycles. The Labute approximate surface area is 156 Å². The van der Waals surface area contributed by atoms with E-state index in [0.29, 0.717) is 0 Å². The van der Waals surface area contributed by atoms with Gasteiger partial charge in [-0.05, 0) is 59.8 Å². The van der Waals surface area contributed by atoms with E-state index in [1.165, 1.54) is 5.69 Å². The van der Waals surface area contributed by atoms with Crippen molar-refractivity contribution in [2.45, 2.75) is 13.0 Å². The van der Waals surface area contributed by atoms with Gasteiger partial charge in [-0.25, -0.2) is 0 Å². The predicted molar refractivity (Wildman–Crippen MR) is 104 cm³/mol. The Hall–Kier alpha value is -1.76. The zero-order valence-corrected chi connectivity index (χ0v) is 15.8. The van der Waals surface area contributed by atoms with Crippen LogP contribution in [0, 0.1) is 3.57 Å². The minimum Gasteiger partial charge on any atom is -0.481 e. The van der Waals surface area contributed by atoms with E-state index in [2.05, 4.69) is 39.6 Å². The van der Waals surface area contributed by atoms with Crippen LogP contribution in [-0.4, -0.2) is 43.1 Å². The maximum atomic E-state index is 12.6. The second kappa shape index (κ2) is 7.88. The van der Waals surface area contributed by atoms with Crippen LogP contribution < -0.4 is 9.64 Å². The summed E-state index contributed by atoms with van der Waals surface area (Å²) in [7, 11) is 0. The van der Waals surface area contributed by atoms with E-state index in [-0.39, 0.29) is 5.91 Å². The molecule has 1 heterocycles. The molecule has 0 spiro atoms. The Morgan fingerprint density at radius 1 is 1.04 bits per heavy atom. The maximum absolute atomic E-state index is 12.6. The molecule has 1 aliphatic rings. The predicted octanol–water partition coefficient (Wildman–Crippen LogP) is 3.41. The topological polar surface area (TPSA) is 32.8 Å². The van der Waals surface area contributed by atoms with E-state index in [4.69, 9.17) is 4.74 Å². The fraction of sp³-hybridized carbons (Fsp3) is 0.316. The van der Waals surface area contributed by atoms with Gasteiger partial charge in [0.05, 0.1) is 0 Å². The molecule has 1 unspecified atom stereocenters. The van der Waals surface area contributed by atoms with Crippen molar-refractivity contribution in [2.75, 3.05) is 31.1 Å². The van der Waals surface area contributed by atoms with Gasteiger partial charge in [-0.2, -0.15) is 0 Å². The summed E-state index contributed by atoms with van der Waals surface area (Å²) in [5.41, 5.74) is 1.22. The zero-order chi connectivity index (χ0) is 16.9. The molecule has 1 aliphatic heterocycles. The lowest BCUT2D eigenvalue weighted by Crippen LogP contribution is -2.52. The van der Waals surface area contributed by atoms with Crippen LogP contribution >= 0.6 is 22.6 Å². The summed E-state index contributed by atoms with van der Waals surface area (Å²) >= 11 is 2.24. The molecule has 4 nitrogen and oxygen atoms in total. The Bertz CT molecular complexity index is 685. The van der Waals surface area contributed by atoms with Crippen LogP contribution in [0.5, 0.6) is 5.75 Å². The average molecular weight is 436 g/mol. The van der Waals surface area contributed by atoms with E-state index < -0.39 is 6.10 Å². The van der Waals surface area contributed by atoms with E-state index >= 15 is 0 Å². The summed E-state index contributed by atoms with van der Waals surface area (Å²) in [5, 5.41) is 0. The van der Waals surface area contributed by atoms with Gasteiger partial charge in [-0.3, -0.25) is 4.79 Å². The third-order valence-electron chi connectivity index (χ3n) is 4.17. The first-order valence-corrected chi connectivity index (χ1v) is 9.22. The molecule has 5 heteroatoms. The summed E-state index contributed by atoms with van der Waals surface area (Å²) < 4.78 is 6.91. The zero-order valence-electron chi connectivity index (χ0n) is 13.7. The van der Waals surface area contributed by atoms with Crippen LogP contribution in [0.1, 0.15) is 6.92 Å². The van der Waals surface area contributed by atoms with Gasteiger partial charge in [-0.15, -0.1) is 0 Å². The summed E-state index contributed by atoms with van der Waals surface area (Å²) in [4.78, 5) is 16.8. The molecular formula is C19H21IN2O2. The molecule has 1 fully saturated rings. The minimum absolute atomic E-state index is 0.0570. The number of amides is 1. The summed E-state index contributed by atoms with van der Waals surface area (Å²) in [6, 6.07) is 18.1. The van der Waals surface area contributed by atoms with Gasteiger partial charge < -0.3 is 14.5 Å². The van der Waals surface area contributed by atoms with Gasteiger partial charge in [-0.1, -0.05) is 24.3 Å². The van der Waals surface area contributed by atoms with Crippen molar-refractivity contribution in [3.05, 3.63) is 58.2 Å². The quantitative estimate of drug-likeness (QED) is 0.689. The number of para-hydroxylation sites is 1. The SMILES string of the molecule is CC(Oc1cccc(I)c1)C(=O)N1CCN(c2ccccc2)CC1. The summed E-state index contributed by atoms with van der Waals surface area (Å²) in [5.74, 6) is 0.798. The van der Waals surface area contributed by atoms with Gasteiger partial charge in [0.15, 0.2) is 6.10 Å². The summed E-state index contributed by atoms with van der Waals surface area (Å²) in [6.07, 6.45) is -0.466. The summed E-state index contributed by atoms with van der Waals surface area (Å²) in [6.45, 7) is 4.99. The minimum atomic E-state index is -0.466. The highest BCUT2D eigenvalue weighted by atomic mass is 127. The first-order valence-electron chi connectivity index (χ1n) is 8.14. The molecule has 0 N–H and O–H groups in total. The second-order valence-electron chi connectivity index (χ2n) is 5.87. The molecule has 0 aliphatic carbocycles. The molecule has 0 radical (unpaired) electrons. The van der Waals surface area contributed by atoms with Crippen molar-refractivity contribution in [1.29, 1.82) is 0 Å². The Morgan fingerprint density at radius 3 is 2.42 bits per heavy atom. The number of rotatable bonds is 4. The molecular weight excluding hydrogens is 415 g/mol. The normalized spacial score (nSPS) is 15.9. The molecule has 1 atom stereocenters. The van der Waals surface area contributed by atoms with Crippen molar-refractivity contribution in [3.63, 3.8) is 0 Å². The smallest absolute Gasteiger partial charge is 0.263 e. The van der Waals surface area contributed by atoms with Crippen molar-refractivity contribution < 1.29 is 9.53 Å². The number of ether oxygens (including phenoxy) is 1. The van der Waals surface area contributed by atoms with Crippen LogP contribution in [0.25, 0.3) is 0 Å². The van der Waals surface area contributed by atoms with Gasteiger partial charge in [0, 0.05) is 35.4 Å². The highest BCUT2D eigenvalue weighted by Crippen LogP contribution is 2.19. The average Bonchev–Trinajstić information content (AvgIpc) is 2.62. The third kappa shape index (κ3) is 4.20. The Balaban J connectivity index is 1.55. The van der Waals surface area contributed by atoms with Gasteiger partial charge in [0.2, 0.25) is 0 Å². The lowest BCUT2D eigenvalue weighted by atomic mass is 10.2. The van der Waals surface area contributed by atoms with Crippen LogP contribution in [0.15, 0.2) is 54.6 Å². The number of nitrogens with zero attached hydrogens (tertiary/aromatic N) is 2. The number of benzene rings is 2. The second-order valence-corrected chi connectivity index (χ2v) is 7.11. The molecule has 1 amide bonds. The standard InChI is InChI=1S/C19H21IN2O2/c1-15(24-18-9-5-6-16(20)14-18)19(23)22-12-10-21(11-13-22)17-7-3-2-4-8-17/h2-9,14-15H,10-13H2,1H3. The Morgan fingerprint density at radius 2 is 1.75 bits per heavy atom. The van der Waals surface area contributed by atoms with E-state index in [1.54, 1.807) is 0 Å². The number of piperazine rings is 1. The van der Waals surface area contributed by atoms with Gasteiger partial charge >= 0.3 is 0 Å². The third-order valence-corrected chi connectivity index (χ3v) is 4.84. The number of hydrogen-bond acceptors (Lipinski definition) is 3. The molecule has 3 rings (SSSR count). The first kappa shape index (κ1) is 17.1. The fourth-order valence-electron chi connectivity index (χ4n) is 2.88. The molecule has 24 heavy (non-hydrogen) atoms. The number of anilines is 1. The number of carbonyl (C=O) groups is 1. The maximum Gasteiger partial charge on any atom is 0.263 e. The van der Waals surface area contributed by atoms with Crippen LogP contribution in [-0.2, 0) is 4.79 Å². The van der Waals surface area contributed by atoms with E-state index in [9.17, 15) is 4.79 Å². The number of hydrogen-bond donors (Lipinski definition) is 0. The van der Waals surface area contributed by atoms with Crippen molar-refractivity contribution >= 4 is 34.2 Å². The van der Waals surface area contributed by atoms with E-state index in [0.717, 1.165) is 35.5 Å². The lowest BCUT2D eigenvalue weighted by Gasteiger charge is -2.37. The molecule has 2 aromatic carbocycles. The van der Waals surface area contributed by atoms with E-state index in [1.807, 2.05) is 54.3 Å². The van der Waals surface area contributed by atoms with Crippen LogP contribution in [0.3, 0.4) is 0 Å². The van der Waals surface area contributed by atoms with Gasteiger partial charge in [0.1, 0.15) is 5.75 Å². The van der Waals surface area contributed by atoms with Crippen LogP contribution in [0.2, 0.25) is 0 Å². The number of carbonyl (C=O) groups excluding carboxylic acids is 1. The highest BCUT2D eigenvalue weighted by Gasteiger charge is 2.26. The van der Waals surface area contributed by atoms with Crippen molar-refractivity contribution in [1.82, 2.24) is 4.90 Å². The largest absolute Gasteiger partial charge is 0.481 e. The molecule has 126 valence electrons. The monoisotopic (exact) mass is 436 g/mol. The molecule has 0 aromatic heterocycles. The van der Waals surface area contributed by atoms with Gasteiger partial charge in [0.25, 0.3) is 5.91 Å². The molecule has 2 aromatic rings. The molecule has 0 saturated carbocycles. The Kier molecular flexibility index (Phi) is 5.60. The number of halogens is 1. The van der Waals surface area contributed by atoms with Crippen LogP contribution in [0.4, 0.5) is 5.69 Å². The fourth-order valence-corrected chi connectivity index (χ4v) is 3.39. The molecule has 0 bridgehead atoms. The van der Waals surface area contributed by atoms with Crippen molar-refractivity contribution in [3.8, 4) is 5.75 Å².